The summed E-state index contributed by atoms with van der Waals surface area (Å²) < 4.78 is 24.5. The molecule has 1 atom stereocenters. The van der Waals surface area contributed by atoms with Crippen molar-refractivity contribution in [3.05, 3.63) is 0 Å². The molecule has 2 fully saturated rings. The molecule has 5 heteroatoms. The van der Waals surface area contributed by atoms with Gasteiger partial charge < -0.3 is 5.32 Å². The first-order valence-corrected chi connectivity index (χ1v) is 7.40. The zero-order chi connectivity index (χ0) is 13.7. The smallest absolute Gasteiger partial charge is 0.251 e. The van der Waals surface area contributed by atoms with Crippen LogP contribution in [0.2, 0.25) is 0 Å². The molecule has 3 nitrogen and oxygen atoms in total. The fourth-order valence-corrected chi connectivity index (χ4v) is 2.74. The van der Waals surface area contributed by atoms with Crippen LogP contribution in [0.5, 0.6) is 0 Å². The molecule has 1 saturated heterocycles. The summed E-state index contributed by atoms with van der Waals surface area (Å²) in [5, 5.41) is 2.94. The summed E-state index contributed by atoms with van der Waals surface area (Å²) in [4.78, 5) is 13.4. The Kier molecular flexibility index (Phi) is 5.55. The van der Waals surface area contributed by atoms with Gasteiger partial charge in [0.15, 0.2) is 0 Å². The van der Waals surface area contributed by atoms with E-state index in [1.54, 1.807) is 4.90 Å². The summed E-state index contributed by atoms with van der Waals surface area (Å²) in [5.41, 5.74) is 0. The van der Waals surface area contributed by atoms with Crippen LogP contribution in [0.3, 0.4) is 0 Å². The zero-order valence-corrected chi connectivity index (χ0v) is 11.4. The highest BCUT2D eigenvalue weighted by molar-refractivity contribution is 5.75. The maximum atomic E-state index is 12.2. The van der Waals surface area contributed by atoms with E-state index in [0.717, 1.165) is 25.3 Å². The predicted octanol–water partition coefficient (Wildman–Crippen LogP) is 2.27. The van der Waals surface area contributed by atoms with Gasteiger partial charge in [-0.05, 0) is 37.6 Å². The number of amides is 1. The van der Waals surface area contributed by atoms with Crippen molar-refractivity contribution in [1.29, 1.82) is 0 Å². The van der Waals surface area contributed by atoms with E-state index in [2.05, 4.69) is 5.32 Å². The van der Waals surface area contributed by atoms with Crippen LogP contribution in [0.1, 0.15) is 38.5 Å². The fourth-order valence-electron chi connectivity index (χ4n) is 2.74. The van der Waals surface area contributed by atoms with Crippen molar-refractivity contribution >= 4 is 5.91 Å². The lowest BCUT2D eigenvalue weighted by Gasteiger charge is -2.15. The summed E-state index contributed by atoms with van der Waals surface area (Å²) in [5.74, 6) is 1.34. The Morgan fingerprint density at radius 1 is 1.26 bits per heavy atom. The molecule has 0 bridgehead atoms. The molecule has 0 spiro atoms. The van der Waals surface area contributed by atoms with E-state index >= 15 is 0 Å². The SMILES string of the molecule is O=C(CCCC1CC1)NCC1CCN(CC(F)F)C1. The molecule has 0 aromatic carbocycles. The van der Waals surface area contributed by atoms with Gasteiger partial charge in [0.05, 0.1) is 6.54 Å². The van der Waals surface area contributed by atoms with Gasteiger partial charge in [0.1, 0.15) is 0 Å². The first-order chi connectivity index (χ1) is 9.13. The lowest BCUT2D eigenvalue weighted by Crippen LogP contribution is -2.32. The van der Waals surface area contributed by atoms with Crippen molar-refractivity contribution in [1.82, 2.24) is 10.2 Å². The Bertz CT molecular complexity index is 295. The number of hydrogen-bond acceptors (Lipinski definition) is 2. The van der Waals surface area contributed by atoms with Crippen LogP contribution < -0.4 is 5.32 Å². The van der Waals surface area contributed by atoms with Gasteiger partial charge in [-0.1, -0.05) is 12.8 Å². The number of carbonyl (C=O) groups is 1. The summed E-state index contributed by atoms with van der Waals surface area (Å²) in [6, 6.07) is 0. The molecule has 0 aromatic heterocycles. The Morgan fingerprint density at radius 2 is 2.05 bits per heavy atom. The molecule has 19 heavy (non-hydrogen) atoms. The second-order valence-electron chi connectivity index (χ2n) is 5.95. The monoisotopic (exact) mass is 274 g/mol. The molecule has 1 aliphatic carbocycles. The van der Waals surface area contributed by atoms with Gasteiger partial charge >= 0.3 is 0 Å². The molecule has 110 valence electrons. The third-order valence-electron chi connectivity index (χ3n) is 4.07. The molecule has 1 unspecified atom stereocenters. The molecule has 1 saturated carbocycles. The van der Waals surface area contributed by atoms with Crippen LogP contribution in [0, 0.1) is 11.8 Å². The Labute approximate surface area is 113 Å². The first-order valence-electron chi connectivity index (χ1n) is 7.40. The Hall–Kier alpha value is -0.710. The molecule has 1 N–H and O–H groups in total. The Morgan fingerprint density at radius 3 is 2.74 bits per heavy atom. The maximum Gasteiger partial charge on any atom is 0.251 e. The third-order valence-corrected chi connectivity index (χ3v) is 4.07. The number of nitrogens with one attached hydrogen (secondary N) is 1. The lowest BCUT2D eigenvalue weighted by molar-refractivity contribution is -0.121. The van der Waals surface area contributed by atoms with Crippen LogP contribution in [-0.2, 0) is 4.79 Å². The van der Waals surface area contributed by atoms with Gasteiger partial charge in [-0.3, -0.25) is 9.69 Å². The van der Waals surface area contributed by atoms with Gasteiger partial charge in [0, 0.05) is 19.5 Å². The van der Waals surface area contributed by atoms with Crippen LogP contribution >= 0.6 is 0 Å². The van der Waals surface area contributed by atoms with Crippen molar-refractivity contribution in [2.45, 2.75) is 45.0 Å². The standard InChI is InChI=1S/C14H24F2N2O/c15-13(16)10-18-7-6-12(9-18)8-17-14(19)3-1-2-11-4-5-11/h11-13H,1-10H2,(H,17,19). The van der Waals surface area contributed by atoms with Crippen molar-refractivity contribution in [2.24, 2.45) is 11.8 Å². The molecule has 0 aromatic rings. The predicted molar refractivity (Wildman–Crippen MR) is 70.1 cm³/mol. The van der Waals surface area contributed by atoms with E-state index in [0.29, 0.717) is 25.4 Å². The highest BCUT2D eigenvalue weighted by Gasteiger charge is 2.25. The molecular formula is C14H24F2N2O. The number of alkyl halides is 2. The maximum absolute atomic E-state index is 12.2. The molecule has 2 aliphatic rings. The summed E-state index contributed by atoms with van der Waals surface area (Å²) in [6.45, 7) is 1.92. The summed E-state index contributed by atoms with van der Waals surface area (Å²) in [7, 11) is 0. The van der Waals surface area contributed by atoms with Gasteiger partial charge in [0.2, 0.25) is 5.91 Å². The third kappa shape index (κ3) is 5.85. The highest BCUT2D eigenvalue weighted by atomic mass is 19.3. The van der Waals surface area contributed by atoms with E-state index in [4.69, 9.17) is 0 Å². The van der Waals surface area contributed by atoms with Crippen LogP contribution in [0.15, 0.2) is 0 Å². The van der Waals surface area contributed by atoms with E-state index in [-0.39, 0.29) is 12.5 Å². The average Bonchev–Trinajstić information content (AvgIpc) is 3.06. The van der Waals surface area contributed by atoms with Crippen molar-refractivity contribution in [3.8, 4) is 0 Å². The average molecular weight is 274 g/mol. The number of carbonyl (C=O) groups excluding carboxylic acids is 1. The quantitative estimate of drug-likeness (QED) is 0.736. The minimum absolute atomic E-state index is 0.118. The van der Waals surface area contributed by atoms with Gasteiger partial charge in [-0.15, -0.1) is 0 Å². The van der Waals surface area contributed by atoms with Crippen LogP contribution in [0.25, 0.3) is 0 Å². The van der Waals surface area contributed by atoms with E-state index in [9.17, 15) is 13.6 Å². The van der Waals surface area contributed by atoms with Crippen molar-refractivity contribution < 1.29 is 13.6 Å². The summed E-state index contributed by atoms with van der Waals surface area (Å²) >= 11 is 0. The van der Waals surface area contributed by atoms with Crippen LogP contribution in [-0.4, -0.2) is 43.4 Å². The normalized spacial score (nSPS) is 24.1. The van der Waals surface area contributed by atoms with Gasteiger partial charge in [-0.2, -0.15) is 0 Å². The van der Waals surface area contributed by atoms with Crippen molar-refractivity contribution in [3.63, 3.8) is 0 Å². The molecule has 0 radical (unpaired) electrons. The second-order valence-corrected chi connectivity index (χ2v) is 5.95. The number of nitrogens with zero attached hydrogens (tertiary/aromatic N) is 1. The number of rotatable bonds is 8. The molecule has 2 rings (SSSR count). The number of likely N-dealkylation sites (tertiary alicyclic amines) is 1. The van der Waals surface area contributed by atoms with E-state index < -0.39 is 6.43 Å². The first kappa shape index (κ1) is 14.7. The van der Waals surface area contributed by atoms with Crippen LogP contribution in [0.4, 0.5) is 8.78 Å². The highest BCUT2D eigenvalue weighted by Crippen LogP contribution is 2.33. The Balaban J connectivity index is 1.51. The molecular weight excluding hydrogens is 250 g/mol. The largest absolute Gasteiger partial charge is 0.356 e. The fraction of sp³-hybridized carbons (Fsp3) is 0.929. The molecule has 1 amide bonds. The van der Waals surface area contributed by atoms with E-state index in [1.165, 1.54) is 19.3 Å². The minimum atomic E-state index is -2.25. The van der Waals surface area contributed by atoms with Gasteiger partial charge in [0.25, 0.3) is 6.43 Å². The summed E-state index contributed by atoms with van der Waals surface area (Å²) in [6.07, 6.45) is 4.11. The number of halogens is 2. The zero-order valence-electron chi connectivity index (χ0n) is 11.4. The minimum Gasteiger partial charge on any atom is -0.356 e. The molecule has 1 aliphatic heterocycles. The van der Waals surface area contributed by atoms with Gasteiger partial charge in [-0.25, -0.2) is 8.78 Å². The number of hydrogen-bond donors (Lipinski definition) is 1. The lowest BCUT2D eigenvalue weighted by atomic mass is 10.1. The van der Waals surface area contributed by atoms with Crippen molar-refractivity contribution in [2.75, 3.05) is 26.2 Å². The molecule has 1 heterocycles. The second kappa shape index (κ2) is 7.17. The topological polar surface area (TPSA) is 32.3 Å². The van der Waals surface area contributed by atoms with E-state index in [1.807, 2.05) is 0 Å².